The Balaban J connectivity index is 2.19. The van der Waals surface area contributed by atoms with E-state index in [0.29, 0.717) is 5.92 Å². The molecule has 1 aromatic carbocycles. The molecule has 0 aliphatic rings. The van der Waals surface area contributed by atoms with Crippen LogP contribution in [0.4, 0.5) is 5.82 Å². The van der Waals surface area contributed by atoms with Crippen LogP contribution in [0.25, 0.3) is 0 Å². The summed E-state index contributed by atoms with van der Waals surface area (Å²) >= 11 is 1.68. The van der Waals surface area contributed by atoms with E-state index in [-0.39, 0.29) is 0 Å². The van der Waals surface area contributed by atoms with Crippen molar-refractivity contribution in [2.45, 2.75) is 43.5 Å². The number of benzene rings is 1. The molecule has 0 radical (unpaired) electrons. The lowest BCUT2D eigenvalue weighted by Crippen LogP contribution is -2.03. The van der Waals surface area contributed by atoms with Crippen LogP contribution in [0.3, 0.4) is 0 Å². The fraction of sp³-hybridized carbons (Fsp3) is 0.375. The Morgan fingerprint density at radius 2 is 1.85 bits per heavy atom. The summed E-state index contributed by atoms with van der Waals surface area (Å²) < 4.78 is 0. The maximum Gasteiger partial charge on any atom is 0.133 e. The Morgan fingerprint density at radius 3 is 2.45 bits per heavy atom. The van der Waals surface area contributed by atoms with Crippen LogP contribution in [0.1, 0.15) is 37.8 Å². The zero-order valence-electron chi connectivity index (χ0n) is 12.5. The number of rotatable bonds is 5. The molecule has 2 rings (SSSR count). The van der Waals surface area contributed by atoms with E-state index in [0.717, 1.165) is 23.0 Å². The van der Waals surface area contributed by atoms with Crippen LogP contribution < -0.4 is 5.32 Å². The number of nitrogens with one attached hydrogen (secondary N) is 1. The molecule has 0 atom stereocenters. The van der Waals surface area contributed by atoms with Crippen molar-refractivity contribution >= 4 is 17.6 Å². The zero-order valence-corrected chi connectivity index (χ0v) is 13.3. The second kappa shape index (κ2) is 6.75. The summed E-state index contributed by atoms with van der Waals surface area (Å²) in [6, 6.07) is 8.70. The molecule has 106 valence electrons. The first-order valence-corrected chi connectivity index (χ1v) is 7.76. The van der Waals surface area contributed by atoms with Crippen molar-refractivity contribution in [1.29, 1.82) is 0 Å². The van der Waals surface area contributed by atoms with Gasteiger partial charge in [-0.3, -0.25) is 0 Å². The number of aromatic nitrogens is 2. The summed E-state index contributed by atoms with van der Waals surface area (Å²) in [6.07, 6.45) is 1.62. The van der Waals surface area contributed by atoms with Gasteiger partial charge in [0.2, 0.25) is 0 Å². The van der Waals surface area contributed by atoms with Gasteiger partial charge in [-0.25, -0.2) is 9.97 Å². The summed E-state index contributed by atoms with van der Waals surface area (Å²) in [4.78, 5) is 9.86. The van der Waals surface area contributed by atoms with Crippen molar-refractivity contribution in [1.82, 2.24) is 9.97 Å². The smallest absolute Gasteiger partial charge is 0.133 e. The van der Waals surface area contributed by atoms with Gasteiger partial charge in [0.25, 0.3) is 0 Å². The molecule has 1 aromatic heterocycles. The van der Waals surface area contributed by atoms with Crippen molar-refractivity contribution in [3.8, 4) is 0 Å². The number of hydrogen-bond donors (Lipinski definition) is 1. The molecule has 0 unspecified atom stereocenters. The van der Waals surface area contributed by atoms with Crippen LogP contribution in [0.5, 0.6) is 0 Å². The lowest BCUT2D eigenvalue weighted by Gasteiger charge is -2.10. The summed E-state index contributed by atoms with van der Waals surface area (Å²) in [6.45, 7) is 9.41. The predicted molar refractivity (Wildman–Crippen MR) is 85.6 cm³/mol. The maximum atomic E-state index is 4.39. The minimum atomic E-state index is 0.565. The van der Waals surface area contributed by atoms with Gasteiger partial charge < -0.3 is 5.32 Å². The van der Waals surface area contributed by atoms with Crippen LogP contribution >= 0.6 is 11.8 Å². The van der Waals surface area contributed by atoms with E-state index in [1.807, 2.05) is 0 Å². The summed E-state index contributed by atoms with van der Waals surface area (Å²) in [7, 11) is 0. The predicted octanol–water partition coefficient (Wildman–Crippen LogP) is 4.49. The van der Waals surface area contributed by atoms with Gasteiger partial charge in [-0.15, -0.1) is 0 Å². The van der Waals surface area contributed by atoms with E-state index in [2.05, 4.69) is 67.2 Å². The fourth-order valence-corrected chi connectivity index (χ4v) is 2.76. The molecule has 0 bridgehead atoms. The Labute approximate surface area is 125 Å². The third-order valence-corrected chi connectivity index (χ3v) is 4.26. The van der Waals surface area contributed by atoms with Gasteiger partial charge in [0.1, 0.15) is 17.2 Å². The zero-order chi connectivity index (χ0) is 14.5. The second-order valence-corrected chi connectivity index (χ2v) is 6.07. The highest BCUT2D eigenvalue weighted by Crippen LogP contribution is 2.31. The molecule has 3 nitrogen and oxygen atoms in total. The van der Waals surface area contributed by atoms with Gasteiger partial charge in [-0.2, -0.15) is 0 Å². The highest BCUT2D eigenvalue weighted by atomic mass is 32.2. The average molecular weight is 287 g/mol. The number of anilines is 1. The first-order valence-electron chi connectivity index (χ1n) is 6.95. The Kier molecular flexibility index (Phi) is 5.01. The molecule has 1 heterocycles. The molecule has 4 heteroatoms. The standard InChI is InChI=1S/C16H21N3S/c1-5-17-15-12(4)16(19-10-18-15)20-14-8-6-13(7-9-14)11(2)3/h6-11H,5H2,1-4H3,(H,17,18,19). The molecule has 0 aliphatic heterocycles. The van der Waals surface area contributed by atoms with Crippen molar-refractivity contribution in [3.05, 3.63) is 41.7 Å². The molecule has 2 aromatic rings. The molecule has 0 fully saturated rings. The molecule has 0 saturated carbocycles. The van der Waals surface area contributed by atoms with E-state index in [1.54, 1.807) is 18.1 Å². The van der Waals surface area contributed by atoms with Crippen LogP contribution in [0.2, 0.25) is 0 Å². The lowest BCUT2D eigenvalue weighted by atomic mass is 10.0. The average Bonchev–Trinajstić information content (AvgIpc) is 2.44. The van der Waals surface area contributed by atoms with E-state index >= 15 is 0 Å². The highest BCUT2D eigenvalue weighted by molar-refractivity contribution is 7.99. The van der Waals surface area contributed by atoms with E-state index in [9.17, 15) is 0 Å². The van der Waals surface area contributed by atoms with Crippen molar-refractivity contribution in [2.24, 2.45) is 0 Å². The summed E-state index contributed by atoms with van der Waals surface area (Å²) in [5.74, 6) is 1.49. The van der Waals surface area contributed by atoms with Gasteiger partial charge in [0, 0.05) is 17.0 Å². The van der Waals surface area contributed by atoms with Gasteiger partial charge in [-0.05, 0) is 37.5 Å². The topological polar surface area (TPSA) is 37.8 Å². The van der Waals surface area contributed by atoms with Gasteiger partial charge in [-0.1, -0.05) is 37.7 Å². The lowest BCUT2D eigenvalue weighted by molar-refractivity contribution is 0.865. The van der Waals surface area contributed by atoms with Gasteiger partial charge in [0.05, 0.1) is 0 Å². The van der Waals surface area contributed by atoms with E-state index in [1.165, 1.54) is 10.5 Å². The third kappa shape index (κ3) is 3.51. The van der Waals surface area contributed by atoms with Crippen LogP contribution in [-0.2, 0) is 0 Å². The van der Waals surface area contributed by atoms with Crippen LogP contribution in [0.15, 0.2) is 40.5 Å². The first kappa shape index (κ1) is 14.9. The largest absolute Gasteiger partial charge is 0.370 e. The van der Waals surface area contributed by atoms with E-state index < -0.39 is 0 Å². The monoisotopic (exact) mass is 287 g/mol. The highest BCUT2D eigenvalue weighted by Gasteiger charge is 2.08. The van der Waals surface area contributed by atoms with Crippen molar-refractivity contribution in [2.75, 3.05) is 11.9 Å². The quantitative estimate of drug-likeness (QED) is 0.822. The Morgan fingerprint density at radius 1 is 1.15 bits per heavy atom. The SMILES string of the molecule is CCNc1ncnc(Sc2ccc(C(C)C)cc2)c1C. The van der Waals surface area contributed by atoms with Crippen LogP contribution in [-0.4, -0.2) is 16.5 Å². The Hall–Kier alpha value is -1.55. The van der Waals surface area contributed by atoms with Crippen molar-refractivity contribution in [3.63, 3.8) is 0 Å². The first-order chi connectivity index (χ1) is 9.61. The van der Waals surface area contributed by atoms with Gasteiger partial charge >= 0.3 is 0 Å². The minimum Gasteiger partial charge on any atom is -0.370 e. The van der Waals surface area contributed by atoms with E-state index in [4.69, 9.17) is 0 Å². The maximum absolute atomic E-state index is 4.39. The second-order valence-electron chi connectivity index (χ2n) is 5.01. The fourth-order valence-electron chi connectivity index (χ4n) is 1.91. The summed E-state index contributed by atoms with van der Waals surface area (Å²) in [5, 5.41) is 4.27. The summed E-state index contributed by atoms with van der Waals surface area (Å²) in [5.41, 5.74) is 2.47. The molecular weight excluding hydrogens is 266 g/mol. The molecule has 0 saturated heterocycles. The number of hydrogen-bond acceptors (Lipinski definition) is 4. The molecule has 0 aliphatic carbocycles. The Bertz CT molecular complexity index is 564. The normalized spacial score (nSPS) is 10.8. The minimum absolute atomic E-state index is 0.565. The molecule has 0 amide bonds. The molecular formula is C16H21N3S. The molecule has 1 N–H and O–H groups in total. The number of nitrogens with zero attached hydrogens (tertiary/aromatic N) is 2. The van der Waals surface area contributed by atoms with Crippen molar-refractivity contribution < 1.29 is 0 Å². The molecule has 20 heavy (non-hydrogen) atoms. The van der Waals surface area contributed by atoms with Crippen LogP contribution in [0, 0.1) is 6.92 Å². The molecule has 0 spiro atoms. The van der Waals surface area contributed by atoms with Gasteiger partial charge in [0.15, 0.2) is 0 Å². The third-order valence-electron chi connectivity index (χ3n) is 3.14.